The maximum absolute atomic E-state index is 13.0. The first-order valence-electron chi connectivity index (χ1n) is 6.11. The summed E-state index contributed by atoms with van der Waals surface area (Å²) in [7, 11) is 0. The summed E-state index contributed by atoms with van der Waals surface area (Å²) in [4.78, 5) is 19.3. The molecular weight excluding hydrogens is 455 g/mol. The van der Waals surface area contributed by atoms with Crippen molar-refractivity contribution in [2.45, 2.75) is 35.8 Å². The van der Waals surface area contributed by atoms with Crippen molar-refractivity contribution >= 4 is 11.9 Å². The minimum absolute atomic E-state index is 0.833. The second-order valence-corrected chi connectivity index (χ2v) is 4.70. The van der Waals surface area contributed by atoms with Crippen molar-refractivity contribution in [3.8, 4) is 0 Å². The van der Waals surface area contributed by atoms with Crippen LogP contribution in [0.3, 0.4) is 0 Å². The van der Waals surface area contributed by atoms with Crippen molar-refractivity contribution in [2.24, 2.45) is 0 Å². The highest BCUT2D eigenvalue weighted by molar-refractivity contribution is 5.88. The SMILES string of the molecule is C=C(C(=O)O)C(F)(F)C(F)(F)C(F)(F)C(F)(F)C(F)(F)C(F)(F)F.C=CC(=O)O. The molecule has 0 aliphatic rings. The normalized spacial score (nSPS) is 13.8. The Bertz CT molecular complexity index is 663. The molecule has 0 fully saturated rings. The fourth-order valence-electron chi connectivity index (χ4n) is 1.09. The van der Waals surface area contributed by atoms with E-state index in [1.807, 2.05) is 0 Å². The number of hydrogen-bond acceptors (Lipinski definition) is 2. The van der Waals surface area contributed by atoms with Crippen molar-refractivity contribution < 1.29 is 76.9 Å². The molecule has 0 spiro atoms. The van der Waals surface area contributed by atoms with Crippen molar-refractivity contribution in [2.75, 3.05) is 0 Å². The Labute approximate surface area is 150 Å². The second kappa shape index (κ2) is 8.10. The molecule has 0 saturated carbocycles. The van der Waals surface area contributed by atoms with Gasteiger partial charge in [0.1, 0.15) is 5.57 Å². The highest BCUT2D eigenvalue weighted by atomic mass is 19.4. The van der Waals surface area contributed by atoms with Crippen LogP contribution in [-0.2, 0) is 9.59 Å². The number of alkyl halides is 13. The minimum Gasteiger partial charge on any atom is -0.478 e. The topological polar surface area (TPSA) is 74.6 Å². The molecule has 0 aliphatic heterocycles. The lowest BCUT2D eigenvalue weighted by molar-refractivity contribution is -0.436. The third kappa shape index (κ3) is 4.75. The van der Waals surface area contributed by atoms with Crippen LogP contribution in [-0.4, -0.2) is 57.9 Å². The molecule has 0 atom stereocenters. The largest absolute Gasteiger partial charge is 0.478 e. The Morgan fingerprint density at radius 3 is 1.14 bits per heavy atom. The van der Waals surface area contributed by atoms with Gasteiger partial charge in [-0.25, -0.2) is 9.59 Å². The first-order chi connectivity index (χ1) is 12.4. The molecule has 0 rings (SSSR count). The maximum atomic E-state index is 13.0. The van der Waals surface area contributed by atoms with E-state index in [1.165, 1.54) is 0 Å². The van der Waals surface area contributed by atoms with Crippen LogP contribution in [0.1, 0.15) is 0 Å². The zero-order valence-corrected chi connectivity index (χ0v) is 13.1. The van der Waals surface area contributed by atoms with E-state index in [4.69, 9.17) is 10.2 Å². The highest BCUT2D eigenvalue weighted by Gasteiger charge is 2.91. The van der Waals surface area contributed by atoms with E-state index in [0.29, 0.717) is 0 Å². The van der Waals surface area contributed by atoms with Crippen LogP contribution in [0.2, 0.25) is 0 Å². The van der Waals surface area contributed by atoms with E-state index in [9.17, 15) is 66.7 Å². The van der Waals surface area contributed by atoms with Gasteiger partial charge in [0.2, 0.25) is 0 Å². The third-order valence-electron chi connectivity index (χ3n) is 2.75. The quantitative estimate of drug-likeness (QED) is 0.428. The minimum atomic E-state index is -8.07. The van der Waals surface area contributed by atoms with E-state index in [1.54, 1.807) is 6.58 Å². The van der Waals surface area contributed by atoms with Gasteiger partial charge in [-0.2, -0.15) is 57.1 Å². The fraction of sp³-hybridized carbons (Fsp3) is 0.500. The van der Waals surface area contributed by atoms with E-state index >= 15 is 0 Å². The van der Waals surface area contributed by atoms with Crippen molar-refractivity contribution in [1.29, 1.82) is 0 Å². The Balaban J connectivity index is 0. The van der Waals surface area contributed by atoms with Gasteiger partial charge in [-0.3, -0.25) is 0 Å². The first kappa shape index (κ1) is 28.7. The summed E-state index contributed by atoms with van der Waals surface area (Å²) in [6.45, 7) is 4.64. The van der Waals surface area contributed by atoms with Crippen LogP contribution in [0, 0.1) is 0 Å². The molecule has 0 aromatic carbocycles. The van der Waals surface area contributed by atoms with Gasteiger partial charge in [0.15, 0.2) is 0 Å². The van der Waals surface area contributed by atoms with Crippen molar-refractivity contribution in [3.63, 3.8) is 0 Å². The van der Waals surface area contributed by atoms with Crippen LogP contribution < -0.4 is 0 Å². The summed E-state index contributed by atoms with van der Waals surface area (Å²) in [5.74, 6) is -42.5. The maximum Gasteiger partial charge on any atom is 0.460 e. The highest BCUT2D eigenvalue weighted by Crippen LogP contribution is 2.61. The second-order valence-electron chi connectivity index (χ2n) is 4.70. The van der Waals surface area contributed by atoms with E-state index in [-0.39, 0.29) is 0 Å². The third-order valence-corrected chi connectivity index (χ3v) is 2.75. The number of carboxylic acid groups (broad SMARTS) is 2. The summed E-state index contributed by atoms with van der Waals surface area (Å²) >= 11 is 0. The van der Waals surface area contributed by atoms with Crippen LogP contribution in [0.5, 0.6) is 0 Å². The molecular formula is C12H7F13O4. The van der Waals surface area contributed by atoms with Gasteiger partial charge in [0.25, 0.3) is 0 Å². The molecule has 0 aromatic rings. The van der Waals surface area contributed by atoms with Gasteiger partial charge in [-0.15, -0.1) is 0 Å². The molecule has 2 N–H and O–H groups in total. The van der Waals surface area contributed by atoms with Crippen LogP contribution in [0.25, 0.3) is 0 Å². The van der Waals surface area contributed by atoms with E-state index < -0.39 is 53.3 Å². The number of carboxylic acids is 2. The molecule has 0 bridgehead atoms. The van der Waals surface area contributed by atoms with Crippen LogP contribution in [0.15, 0.2) is 24.8 Å². The molecule has 0 amide bonds. The Morgan fingerprint density at radius 2 is 0.931 bits per heavy atom. The van der Waals surface area contributed by atoms with Gasteiger partial charge in [0, 0.05) is 6.08 Å². The van der Waals surface area contributed by atoms with Crippen molar-refractivity contribution in [1.82, 2.24) is 0 Å². The Morgan fingerprint density at radius 1 is 0.655 bits per heavy atom. The predicted molar refractivity (Wildman–Crippen MR) is 65.4 cm³/mol. The van der Waals surface area contributed by atoms with Gasteiger partial charge in [0.05, 0.1) is 0 Å². The Kier molecular flexibility index (Phi) is 8.02. The standard InChI is InChI=1S/C9H3F13O2.C3H4O2/c1-2(3(23)24)4(10,11)5(12,13)6(14,15)7(16,17)8(18,19)9(20,21)22;1-2-3(4)5/h1H2,(H,23,24);2H,1H2,(H,4,5). The molecule has 0 aromatic heterocycles. The number of halogens is 13. The van der Waals surface area contributed by atoms with Gasteiger partial charge >= 0.3 is 47.7 Å². The molecule has 0 unspecified atom stereocenters. The van der Waals surface area contributed by atoms with Crippen LogP contribution in [0.4, 0.5) is 57.1 Å². The average Bonchev–Trinajstić information content (AvgIpc) is 2.52. The summed E-state index contributed by atoms with van der Waals surface area (Å²) < 4.78 is 163. The molecule has 17 heteroatoms. The zero-order valence-electron chi connectivity index (χ0n) is 13.1. The monoisotopic (exact) mass is 462 g/mol. The van der Waals surface area contributed by atoms with Gasteiger partial charge in [-0.05, 0) is 0 Å². The van der Waals surface area contributed by atoms with Gasteiger partial charge in [-0.1, -0.05) is 13.2 Å². The number of carbonyl (C=O) groups is 2. The smallest absolute Gasteiger partial charge is 0.460 e. The summed E-state index contributed by atoms with van der Waals surface area (Å²) in [5, 5.41) is 15.6. The molecule has 0 radical (unpaired) electrons. The summed E-state index contributed by atoms with van der Waals surface area (Å²) in [6.07, 6.45) is -6.69. The van der Waals surface area contributed by atoms with Crippen LogP contribution >= 0.6 is 0 Å². The lowest BCUT2D eigenvalue weighted by Gasteiger charge is -2.39. The molecule has 4 nitrogen and oxygen atoms in total. The molecule has 29 heavy (non-hydrogen) atoms. The zero-order chi connectivity index (χ0) is 24.4. The first-order valence-corrected chi connectivity index (χ1v) is 6.11. The van der Waals surface area contributed by atoms with E-state index in [2.05, 4.69) is 6.58 Å². The number of rotatable bonds is 7. The molecule has 0 saturated heterocycles. The fourth-order valence-corrected chi connectivity index (χ4v) is 1.09. The average molecular weight is 462 g/mol. The van der Waals surface area contributed by atoms with Crippen molar-refractivity contribution in [3.05, 3.63) is 24.8 Å². The lowest BCUT2D eigenvalue weighted by Crippen LogP contribution is -2.70. The summed E-state index contributed by atoms with van der Waals surface area (Å²) in [6, 6.07) is 0. The number of aliphatic carboxylic acids is 2. The molecule has 0 aliphatic carbocycles. The molecule has 170 valence electrons. The molecule has 0 heterocycles. The Hall–Kier alpha value is -2.49. The summed E-state index contributed by atoms with van der Waals surface area (Å²) in [5.41, 5.74) is -3.14. The van der Waals surface area contributed by atoms with Gasteiger partial charge < -0.3 is 10.2 Å². The predicted octanol–water partition coefficient (Wildman–Crippen LogP) is 4.62. The lowest BCUT2D eigenvalue weighted by atomic mass is 9.91. The number of hydrogen-bond donors (Lipinski definition) is 2. The van der Waals surface area contributed by atoms with E-state index in [0.717, 1.165) is 6.08 Å².